The number of carbonyl (C=O) groups is 2. The molecule has 1 fully saturated rings. The Kier molecular flexibility index (Phi) is 6.45. The predicted octanol–water partition coefficient (Wildman–Crippen LogP) is -2.18. The topological polar surface area (TPSA) is 189 Å². The number of aliphatic carboxylic acids is 1. The minimum Gasteiger partial charge on any atom is -0.481 e. The lowest BCUT2D eigenvalue weighted by molar-refractivity contribution is -0.137. The number of aliphatic hydroxyl groups excluding tert-OH is 2. The molecular weight excluding hydrogens is 398 g/mol. The number of fused-ring (bicyclic) bond motifs is 1. The van der Waals surface area contributed by atoms with Crippen LogP contribution in [0.5, 0.6) is 0 Å². The number of rotatable bonds is 8. The van der Waals surface area contributed by atoms with E-state index in [0.29, 0.717) is 17.0 Å². The van der Waals surface area contributed by atoms with E-state index in [1.165, 1.54) is 17.2 Å². The number of nitrogens with one attached hydrogen (secondary N) is 1. The standard InChI is InChI=1S/C17H25N7O6/c1-23(2)14-12-15(20-6-19-14)24(7-21-12)17-13(28)11(9(5-25)30-17)22-16(29)8(18)3-4-10(26)27/h6-9,11,13,17,25,28H,3-5,18H2,1-2H3,(H,22,29)(H,26,27)/t8-,9+,11+,13+,17+/m0/s1. The summed E-state index contributed by atoms with van der Waals surface area (Å²) < 4.78 is 7.27. The number of nitrogens with zero attached hydrogens (tertiary/aromatic N) is 5. The molecule has 1 saturated heterocycles. The highest BCUT2D eigenvalue weighted by Gasteiger charge is 2.46. The van der Waals surface area contributed by atoms with Gasteiger partial charge in [-0.25, -0.2) is 15.0 Å². The Morgan fingerprint density at radius 3 is 2.73 bits per heavy atom. The third kappa shape index (κ3) is 4.18. The van der Waals surface area contributed by atoms with Crippen LogP contribution in [-0.4, -0.2) is 91.7 Å². The Labute approximate surface area is 171 Å². The summed E-state index contributed by atoms with van der Waals surface area (Å²) in [6, 6.07) is -2.04. The summed E-state index contributed by atoms with van der Waals surface area (Å²) >= 11 is 0. The Balaban J connectivity index is 1.81. The van der Waals surface area contributed by atoms with Gasteiger partial charge in [-0.3, -0.25) is 14.2 Å². The van der Waals surface area contributed by atoms with Crippen LogP contribution in [0.1, 0.15) is 19.1 Å². The first-order chi connectivity index (χ1) is 14.2. The molecule has 0 bridgehead atoms. The van der Waals surface area contributed by atoms with E-state index in [9.17, 15) is 19.8 Å². The molecule has 0 aliphatic carbocycles. The average Bonchev–Trinajstić information content (AvgIpc) is 3.27. The molecule has 0 radical (unpaired) electrons. The number of aliphatic hydroxyl groups is 2. The molecule has 6 N–H and O–H groups in total. The third-order valence-electron chi connectivity index (χ3n) is 4.91. The van der Waals surface area contributed by atoms with Crippen molar-refractivity contribution in [2.75, 3.05) is 25.6 Å². The number of imidazole rings is 1. The van der Waals surface area contributed by atoms with Crippen molar-refractivity contribution in [2.45, 2.75) is 43.4 Å². The van der Waals surface area contributed by atoms with E-state index in [0.717, 1.165) is 0 Å². The Bertz CT molecular complexity index is 919. The van der Waals surface area contributed by atoms with E-state index in [4.69, 9.17) is 15.6 Å². The van der Waals surface area contributed by atoms with Crippen LogP contribution in [0.25, 0.3) is 11.2 Å². The molecule has 1 amide bonds. The Morgan fingerprint density at radius 2 is 2.10 bits per heavy atom. The summed E-state index contributed by atoms with van der Waals surface area (Å²) in [4.78, 5) is 37.5. The van der Waals surface area contributed by atoms with Gasteiger partial charge in [0.1, 0.15) is 18.5 Å². The SMILES string of the molecule is CN(C)c1ncnc2c1ncn2[C@@H]1O[C@H](CO)[C@@H](NC(=O)[C@@H](N)CCC(=O)O)[C@H]1O. The molecule has 13 heteroatoms. The molecule has 0 spiro atoms. The van der Waals surface area contributed by atoms with E-state index in [1.807, 2.05) is 14.1 Å². The number of carboxylic acid groups (broad SMARTS) is 1. The first kappa shape index (κ1) is 21.8. The maximum atomic E-state index is 12.3. The van der Waals surface area contributed by atoms with Gasteiger partial charge in [-0.15, -0.1) is 0 Å². The number of amides is 1. The number of anilines is 1. The molecule has 1 aliphatic heterocycles. The lowest BCUT2D eigenvalue weighted by Crippen LogP contribution is -2.53. The minimum atomic E-state index is -1.24. The van der Waals surface area contributed by atoms with Crippen molar-refractivity contribution in [3.8, 4) is 0 Å². The monoisotopic (exact) mass is 423 g/mol. The summed E-state index contributed by atoms with van der Waals surface area (Å²) in [6.07, 6.45) is -0.647. The summed E-state index contributed by atoms with van der Waals surface area (Å²) in [5.74, 6) is -1.13. The van der Waals surface area contributed by atoms with Gasteiger partial charge in [0, 0.05) is 20.5 Å². The maximum absolute atomic E-state index is 12.3. The number of aromatic nitrogens is 4. The van der Waals surface area contributed by atoms with Crippen molar-refractivity contribution in [3.05, 3.63) is 12.7 Å². The van der Waals surface area contributed by atoms with Gasteiger partial charge >= 0.3 is 5.97 Å². The molecule has 30 heavy (non-hydrogen) atoms. The second-order valence-corrected chi connectivity index (χ2v) is 7.23. The predicted molar refractivity (Wildman–Crippen MR) is 103 cm³/mol. The quantitative estimate of drug-likeness (QED) is 0.310. The molecule has 3 rings (SSSR count). The number of hydrogen-bond donors (Lipinski definition) is 5. The van der Waals surface area contributed by atoms with Crippen LogP contribution < -0.4 is 16.0 Å². The second kappa shape index (κ2) is 8.87. The van der Waals surface area contributed by atoms with Crippen LogP contribution >= 0.6 is 0 Å². The van der Waals surface area contributed by atoms with Crippen molar-refractivity contribution in [1.29, 1.82) is 0 Å². The van der Waals surface area contributed by atoms with Gasteiger partial charge < -0.3 is 36.0 Å². The molecule has 3 heterocycles. The molecule has 1 aliphatic rings. The van der Waals surface area contributed by atoms with Gasteiger partial charge in [0.15, 0.2) is 23.2 Å². The fourth-order valence-electron chi connectivity index (χ4n) is 3.34. The van der Waals surface area contributed by atoms with Gasteiger partial charge in [-0.2, -0.15) is 0 Å². The normalized spacial score (nSPS) is 24.7. The Morgan fingerprint density at radius 1 is 1.37 bits per heavy atom. The van der Waals surface area contributed by atoms with Crippen molar-refractivity contribution < 1.29 is 29.6 Å². The number of hydrogen-bond acceptors (Lipinski definition) is 10. The average molecular weight is 423 g/mol. The summed E-state index contributed by atoms with van der Waals surface area (Å²) in [5, 5.41) is 31.8. The zero-order valence-electron chi connectivity index (χ0n) is 16.5. The van der Waals surface area contributed by atoms with E-state index >= 15 is 0 Å². The van der Waals surface area contributed by atoms with Gasteiger partial charge in [0.25, 0.3) is 0 Å². The van der Waals surface area contributed by atoms with Crippen LogP contribution in [0, 0.1) is 0 Å². The fourth-order valence-corrected chi connectivity index (χ4v) is 3.34. The van der Waals surface area contributed by atoms with Crippen molar-refractivity contribution in [2.24, 2.45) is 5.73 Å². The van der Waals surface area contributed by atoms with Crippen LogP contribution in [-0.2, 0) is 14.3 Å². The molecule has 13 nitrogen and oxygen atoms in total. The molecule has 0 aromatic carbocycles. The van der Waals surface area contributed by atoms with Gasteiger partial charge in [0.2, 0.25) is 5.91 Å². The van der Waals surface area contributed by atoms with E-state index in [1.54, 1.807) is 4.90 Å². The molecule has 2 aromatic heterocycles. The molecule has 0 unspecified atom stereocenters. The van der Waals surface area contributed by atoms with Crippen LogP contribution in [0.3, 0.4) is 0 Å². The smallest absolute Gasteiger partial charge is 0.303 e. The summed E-state index contributed by atoms with van der Waals surface area (Å²) in [7, 11) is 3.62. The molecular formula is C17H25N7O6. The largest absolute Gasteiger partial charge is 0.481 e. The zero-order chi connectivity index (χ0) is 22.0. The fraction of sp³-hybridized carbons (Fsp3) is 0.588. The van der Waals surface area contributed by atoms with E-state index in [-0.39, 0.29) is 12.8 Å². The van der Waals surface area contributed by atoms with Crippen LogP contribution in [0.2, 0.25) is 0 Å². The molecule has 164 valence electrons. The molecule has 2 aromatic rings. The Hall–Kier alpha value is -2.87. The number of carbonyl (C=O) groups excluding carboxylic acids is 1. The van der Waals surface area contributed by atoms with Gasteiger partial charge in [0.05, 0.1) is 25.0 Å². The van der Waals surface area contributed by atoms with Crippen LogP contribution in [0.4, 0.5) is 5.82 Å². The second-order valence-electron chi connectivity index (χ2n) is 7.23. The van der Waals surface area contributed by atoms with Crippen molar-refractivity contribution in [1.82, 2.24) is 24.8 Å². The van der Waals surface area contributed by atoms with Crippen molar-refractivity contribution >= 4 is 28.9 Å². The van der Waals surface area contributed by atoms with E-state index < -0.39 is 49.0 Å². The lowest BCUT2D eigenvalue weighted by Gasteiger charge is -2.22. The zero-order valence-corrected chi connectivity index (χ0v) is 16.5. The summed E-state index contributed by atoms with van der Waals surface area (Å²) in [5.41, 5.74) is 6.65. The lowest BCUT2D eigenvalue weighted by atomic mass is 10.1. The van der Waals surface area contributed by atoms with Gasteiger partial charge in [-0.05, 0) is 6.42 Å². The number of carboxylic acids is 1. The third-order valence-corrected chi connectivity index (χ3v) is 4.91. The maximum Gasteiger partial charge on any atom is 0.303 e. The molecule has 0 saturated carbocycles. The highest BCUT2D eigenvalue weighted by molar-refractivity contribution is 5.83. The highest BCUT2D eigenvalue weighted by Crippen LogP contribution is 2.32. The molecule has 5 atom stereocenters. The summed E-state index contributed by atoms with van der Waals surface area (Å²) in [6.45, 7) is -0.465. The van der Waals surface area contributed by atoms with Crippen LogP contribution in [0.15, 0.2) is 12.7 Å². The minimum absolute atomic E-state index is 0.0611. The highest BCUT2D eigenvalue weighted by atomic mass is 16.5. The van der Waals surface area contributed by atoms with E-state index in [2.05, 4.69) is 20.3 Å². The first-order valence-corrected chi connectivity index (χ1v) is 9.31. The first-order valence-electron chi connectivity index (χ1n) is 9.31. The van der Waals surface area contributed by atoms with Gasteiger partial charge in [-0.1, -0.05) is 0 Å². The van der Waals surface area contributed by atoms with Crippen molar-refractivity contribution in [3.63, 3.8) is 0 Å². The number of nitrogens with two attached hydrogens (primary N) is 1. The number of ether oxygens (including phenoxy) is 1.